The highest BCUT2D eigenvalue weighted by Crippen LogP contribution is 2.19. The first-order chi connectivity index (χ1) is 12.4. The zero-order valence-corrected chi connectivity index (χ0v) is 15.8. The van der Waals surface area contributed by atoms with Gasteiger partial charge in [0.05, 0.1) is 6.04 Å². The molecule has 2 atom stereocenters. The van der Waals surface area contributed by atoms with Crippen LogP contribution < -0.4 is 10.1 Å². The third-order valence-corrected chi connectivity index (χ3v) is 4.36. The summed E-state index contributed by atoms with van der Waals surface area (Å²) in [6.07, 6.45) is 0.341. The van der Waals surface area contributed by atoms with E-state index in [4.69, 9.17) is 4.74 Å². The maximum Gasteiger partial charge on any atom is 0.260 e. The van der Waals surface area contributed by atoms with Gasteiger partial charge in [-0.2, -0.15) is 0 Å². The Morgan fingerprint density at radius 2 is 1.73 bits per heavy atom. The highest BCUT2D eigenvalue weighted by molar-refractivity contribution is 5.80. The molecule has 0 fully saturated rings. The summed E-state index contributed by atoms with van der Waals surface area (Å²) in [5.41, 5.74) is 2.44. The van der Waals surface area contributed by atoms with Gasteiger partial charge in [0.1, 0.15) is 11.6 Å². The summed E-state index contributed by atoms with van der Waals surface area (Å²) in [6.45, 7) is 4.29. The van der Waals surface area contributed by atoms with E-state index in [1.54, 1.807) is 6.92 Å². The van der Waals surface area contributed by atoms with Gasteiger partial charge in [0, 0.05) is 6.54 Å². The Hall–Kier alpha value is -2.40. The average Bonchev–Trinajstić information content (AvgIpc) is 2.63. The Morgan fingerprint density at radius 3 is 2.27 bits per heavy atom. The first-order valence-corrected chi connectivity index (χ1v) is 8.86. The molecule has 2 aromatic rings. The topological polar surface area (TPSA) is 41.6 Å². The summed E-state index contributed by atoms with van der Waals surface area (Å²) >= 11 is 0. The fraction of sp³-hybridized carbons (Fsp3) is 0.381. The predicted molar refractivity (Wildman–Crippen MR) is 102 cm³/mol. The van der Waals surface area contributed by atoms with Gasteiger partial charge < -0.3 is 15.0 Å². The van der Waals surface area contributed by atoms with Crippen LogP contribution in [0.15, 0.2) is 48.5 Å². The summed E-state index contributed by atoms with van der Waals surface area (Å²) in [5, 5.41) is 2.94. The highest BCUT2D eigenvalue weighted by atomic mass is 19.1. The molecular formula is C21H27FN2O2. The van der Waals surface area contributed by atoms with Gasteiger partial charge >= 0.3 is 0 Å². The van der Waals surface area contributed by atoms with Crippen LogP contribution in [0.5, 0.6) is 5.75 Å². The number of ether oxygens (including phenoxy) is 1. The Bertz CT molecular complexity index is 699. The normalized spacial score (nSPS) is 13.3. The third-order valence-electron chi connectivity index (χ3n) is 4.36. The fourth-order valence-electron chi connectivity index (χ4n) is 2.69. The highest BCUT2D eigenvalue weighted by Gasteiger charge is 2.19. The zero-order valence-electron chi connectivity index (χ0n) is 15.8. The molecule has 0 spiro atoms. The van der Waals surface area contributed by atoms with Gasteiger partial charge in [-0.25, -0.2) is 4.39 Å². The lowest BCUT2D eigenvalue weighted by Gasteiger charge is -2.26. The Kier molecular flexibility index (Phi) is 7.16. The molecule has 0 radical (unpaired) electrons. The second-order valence-corrected chi connectivity index (χ2v) is 6.53. The number of aryl methyl sites for hydroxylation is 1. The lowest BCUT2D eigenvalue weighted by molar-refractivity contribution is -0.127. The Labute approximate surface area is 155 Å². The number of nitrogens with one attached hydrogen (secondary N) is 1. The van der Waals surface area contributed by atoms with Crippen molar-refractivity contribution >= 4 is 5.91 Å². The van der Waals surface area contributed by atoms with Crippen molar-refractivity contribution in [2.75, 3.05) is 20.6 Å². The number of carbonyl (C=O) groups excluding carboxylic acids is 1. The monoisotopic (exact) mass is 358 g/mol. The molecular weight excluding hydrogens is 331 g/mol. The standard InChI is InChI=1S/C21H27FN2O2/c1-5-16-6-8-17(9-7-16)20(24(3)4)14-23-21(25)15(2)26-19-12-10-18(22)11-13-19/h6-13,15,20H,5,14H2,1-4H3,(H,23,25). The smallest absolute Gasteiger partial charge is 0.260 e. The van der Waals surface area contributed by atoms with E-state index in [1.165, 1.54) is 29.8 Å². The van der Waals surface area contributed by atoms with E-state index < -0.39 is 6.10 Å². The first-order valence-electron chi connectivity index (χ1n) is 8.86. The molecule has 0 saturated carbocycles. The summed E-state index contributed by atoms with van der Waals surface area (Å²) in [5.74, 6) is -0.0721. The quantitative estimate of drug-likeness (QED) is 0.784. The largest absolute Gasteiger partial charge is 0.481 e. The molecule has 2 aromatic carbocycles. The van der Waals surface area contributed by atoms with E-state index in [1.807, 2.05) is 14.1 Å². The summed E-state index contributed by atoms with van der Waals surface area (Å²) in [6, 6.07) is 14.2. The van der Waals surface area contributed by atoms with Crippen molar-refractivity contribution in [3.63, 3.8) is 0 Å². The number of halogens is 1. The van der Waals surface area contributed by atoms with Crippen molar-refractivity contribution in [3.05, 3.63) is 65.5 Å². The molecule has 1 N–H and O–H groups in total. The van der Waals surface area contributed by atoms with Crippen molar-refractivity contribution in [1.29, 1.82) is 0 Å². The van der Waals surface area contributed by atoms with E-state index in [0.717, 1.165) is 12.0 Å². The van der Waals surface area contributed by atoms with Crippen LogP contribution in [0, 0.1) is 5.82 Å². The number of amides is 1. The summed E-state index contributed by atoms with van der Waals surface area (Å²) in [4.78, 5) is 14.4. The minimum Gasteiger partial charge on any atom is -0.481 e. The molecule has 26 heavy (non-hydrogen) atoms. The van der Waals surface area contributed by atoms with Crippen LogP contribution in [0.4, 0.5) is 4.39 Å². The second kappa shape index (κ2) is 9.34. The molecule has 4 nitrogen and oxygen atoms in total. The van der Waals surface area contributed by atoms with Gasteiger partial charge in [0.2, 0.25) is 0 Å². The zero-order chi connectivity index (χ0) is 19.1. The summed E-state index contributed by atoms with van der Waals surface area (Å²) < 4.78 is 18.5. The van der Waals surface area contributed by atoms with Crippen LogP contribution in [-0.4, -0.2) is 37.6 Å². The molecule has 0 heterocycles. The molecule has 0 aliphatic heterocycles. The van der Waals surface area contributed by atoms with Crippen molar-refractivity contribution in [2.45, 2.75) is 32.4 Å². The molecule has 0 aliphatic carbocycles. The molecule has 0 aromatic heterocycles. The molecule has 0 aliphatic rings. The van der Waals surface area contributed by atoms with Gasteiger partial charge in [-0.1, -0.05) is 31.2 Å². The van der Waals surface area contributed by atoms with Crippen LogP contribution in [-0.2, 0) is 11.2 Å². The SMILES string of the molecule is CCc1ccc(C(CNC(=O)C(C)Oc2ccc(F)cc2)N(C)C)cc1. The number of rotatable bonds is 8. The molecule has 140 valence electrons. The third kappa shape index (κ3) is 5.56. The number of hydrogen-bond acceptors (Lipinski definition) is 3. The maximum atomic E-state index is 12.9. The lowest BCUT2D eigenvalue weighted by atomic mass is 10.0. The van der Waals surface area contributed by atoms with Gasteiger partial charge in [-0.05, 0) is 62.8 Å². The van der Waals surface area contributed by atoms with Crippen molar-refractivity contribution in [2.24, 2.45) is 0 Å². The number of nitrogens with zero attached hydrogens (tertiary/aromatic N) is 1. The van der Waals surface area contributed by atoms with Crippen molar-refractivity contribution in [3.8, 4) is 5.75 Å². The number of benzene rings is 2. The minimum atomic E-state index is -0.661. The molecule has 2 unspecified atom stereocenters. The predicted octanol–water partition coefficient (Wildman–Crippen LogP) is 3.57. The van der Waals surface area contributed by atoms with Crippen molar-refractivity contribution in [1.82, 2.24) is 10.2 Å². The van der Waals surface area contributed by atoms with E-state index in [-0.39, 0.29) is 17.8 Å². The molecule has 0 saturated heterocycles. The number of likely N-dealkylation sites (N-methyl/N-ethyl adjacent to an activating group) is 1. The van der Waals surface area contributed by atoms with Crippen LogP contribution in [0.3, 0.4) is 0 Å². The molecule has 1 amide bonds. The van der Waals surface area contributed by atoms with E-state index >= 15 is 0 Å². The molecule has 0 bridgehead atoms. The van der Waals surface area contributed by atoms with E-state index in [0.29, 0.717) is 12.3 Å². The van der Waals surface area contributed by atoms with Crippen LogP contribution in [0.25, 0.3) is 0 Å². The van der Waals surface area contributed by atoms with Crippen molar-refractivity contribution < 1.29 is 13.9 Å². The summed E-state index contributed by atoms with van der Waals surface area (Å²) in [7, 11) is 3.98. The van der Waals surface area contributed by atoms with Crippen LogP contribution in [0.1, 0.15) is 31.0 Å². The Balaban J connectivity index is 1.94. The molecule has 5 heteroatoms. The lowest BCUT2D eigenvalue weighted by Crippen LogP contribution is -2.41. The second-order valence-electron chi connectivity index (χ2n) is 6.53. The Morgan fingerprint density at radius 1 is 1.12 bits per heavy atom. The van der Waals surface area contributed by atoms with E-state index in [2.05, 4.69) is 41.4 Å². The maximum absolute atomic E-state index is 12.9. The average molecular weight is 358 g/mol. The number of hydrogen-bond donors (Lipinski definition) is 1. The fourth-order valence-corrected chi connectivity index (χ4v) is 2.69. The molecule has 2 rings (SSSR count). The number of carbonyl (C=O) groups is 1. The van der Waals surface area contributed by atoms with Gasteiger partial charge in [-0.15, -0.1) is 0 Å². The van der Waals surface area contributed by atoms with Gasteiger partial charge in [0.25, 0.3) is 5.91 Å². The van der Waals surface area contributed by atoms with E-state index in [9.17, 15) is 9.18 Å². The van der Waals surface area contributed by atoms with Crippen LogP contribution in [0.2, 0.25) is 0 Å². The van der Waals surface area contributed by atoms with Gasteiger partial charge in [0.15, 0.2) is 6.10 Å². The first kappa shape index (κ1) is 19.9. The minimum absolute atomic E-state index is 0.0721. The van der Waals surface area contributed by atoms with Crippen LogP contribution >= 0.6 is 0 Å². The van der Waals surface area contributed by atoms with Gasteiger partial charge in [-0.3, -0.25) is 4.79 Å².